The van der Waals surface area contributed by atoms with Crippen molar-refractivity contribution < 1.29 is 0 Å². The average Bonchev–Trinajstić information content (AvgIpc) is 2.48. The number of nitrogens with zero attached hydrogens (tertiary/aromatic N) is 9. The van der Waals surface area contributed by atoms with Crippen molar-refractivity contribution in [2.24, 2.45) is 15.0 Å². The summed E-state index contributed by atoms with van der Waals surface area (Å²) in [6, 6.07) is 0. The minimum atomic E-state index is -0.995. The maximum atomic E-state index is 4.46. The van der Waals surface area contributed by atoms with Gasteiger partial charge >= 0.3 is 0 Å². The van der Waals surface area contributed by atoms with Crippen molar-refractivity contribution in [1.29, 1.82) is 0 Å². The lowest BCUT2D eigenvalue weighted by Gasteiger charge is -2.45. The summed E-state index contributed by atoms with van der Waals surface area (Å²) in [7, 11) is 22.5. The Kier molecular flexibility index (Phi) is 9.56. The molecule has 0 aliphatic heterocycles. The molecule has 0 aromatic carbocycles. The number of aliphatic imine (C=N–C) groups is 3. The molecule has 0 rings (SSSR count). The smallest absolute Gasteiger partial charge is 0.214 e. The second kappa shape index (κ2) is 10.3. The van der Waals surface area contributed by atoms with Crippen molar-refractivity contribution in [3.05, 3.63) is 0 Å². The predicted octanol–water partition coefficient (Wildman–Crippen LogP) is 0.651. The first kappa shape index (κ1) is 23.2. The molecule has 0 saturated heterocycles. The lowest BCUT2D eigenvalue weighted by molar-refractivity contribution is 0.474. The summed E-state index contributed by atoms with van der Waals surface area (Å²) < 4.78 is 6.50. The summed E-state index contributed by atoms with van der Waals surface area (Å²) in [6.07, 6.45) is 0. The maximum Gasteiger partial charge on any atom is 0.214 e. The minimum absolute atomic E-state index is 0.883. The van der Waals surface area contributed by atoms with E-state index in [-0.39, 0.29) is 0 Å². The van der Waals surface area contributed by atoms with Gasteiger partial charge in [0, 0.05) is 84.6 Å². The quantitative estimate of drug-likeness (QED) is 0.411. The van der Waals surface area contributed by atoms with Gasteiger partial charge in [-0.1, -0.05) is 0 Å². The molecular weight excluding hydrogens is 337 g/mol. The Morgan fingerprint density at radius 2 is 0.680 bits per heavy atom. The molecule has 0 amide bonds. The number of hydrogen-bond acceptors (Lipinski definition) is 3. The predicted molar refractivity (Wildman–Crippen MR) is 111 cm³/mol. The Bertz CT molecular complexity index is 428. The normalized spacial score (nSPS) is 14.2. The molecule has 0 atom stereocenters. The Hall–Kier alpha value is -1.76. The standard InChI is InChI=1S/C15H36N9P/c1-16-13(19(4)5)22(10)25(23(11)14(17-2)20(6)7)24(12)15(18-3)21(8)9/h1-12H3. The molecule has 25 heavy (non-hydrogen) atoms. The van der Waals surface area contributed by atoms with Crippen molar-refractivity contribution >= 4 is 26.3 Å². The van der Waals surface area contributed by atoms with Crippen LogP contribution in [-0.4, -0.2) is 131 Å². The summed E-state index contributed by atoms with van der Waals surface area (Å²) in [4.78, 5) is 19.4. The maximum absolute atomic E-state index is 4.46. The van der Waals surface area contributed by atoms with Gasteiger partial charge < -0.3 is 14.7 Å². The van der Waals surface area contributed by atoms with E-state index in [0.29, 0.717) is 0 Å². The minimum Gasteiger partial charge on any atom is -0.349 e. The van der Waals surface area contributed by atoms with Gasteiger partial charge in [-0.15, -0.1) is 0 Å². The fourth-order valence-electron chi connectivity index (χ4n) is 2.75. The summed E-state index contributed by atoms with van der Waals surface area (Å²) in [5.41, 5.74) is 0. The van der Waals surface area contributed by atoms with E-state index in [1.54, 1.807) is 21.1 Å². The number of rotatable bonds is 3. The fraction of sp³-hybridized carbons (Fsp3) is 0.800. The first-order valence-corrected chi connectivity index (χ1v) is 9.18. The fourth-order valence-corrected chi connectivity index (χ4v) is 5.24. The zero-order valence-electron chi connectivity index (χ0n) is 18.0. The van der Waals surface area contributed by atoms with Crippen LogP contribution in [0.5, 0.6) is 0 Å². The van der Waals surface area contributed by atoms with E-state index in [9.17, 15) is 0 Å². The van der Waals surface area contributed by atoms with E-state index < -0.39 is 8.37 Å². The van der Waals surface area contributed by atoms with Crippen LogP contribution < -0.4 is 0 Å². The van der Waals surface area contributed by atoms with Crippen molar-refractivity contribution in [3.63, 3.8) is 0 Å². The van der Waals surface area contributed by atoms with Crippen LogP contribution in [0.1, 0.15) is 0 Å². The van der Waals surface area contributed by atoms with Gasteiger partial charge in [-0.3, -0.25) is 29.0 Å². The van der Waals surface area contributed by atoms with Gasteiger partial charge in [0.15, 0.2) is 0 Å². The molecule has 9 nitrogen and oxygen atoms in total. The van der Waals surface area contributed by atoms with Gasteiger partial charge in [-0.2, -0.15) is 0 Å². The van der Waals surface area contributed by atoms with Crippen LogP contribution >= 0.6 is 8.37 Å². The highest BCUT2D eigenvalue weighted by Crippen LogP contribution is 2.46. The highest BCUT2D eigenvalue weighted by molar-refractivity contribution is 7.52. The van der Waals surface area contributed by atoms with Crippen molar-refractivity contribution in [3.8, 4) is 0 Å². The van der Waals surface area contributed by atoms with E-state index in [1.807, 2.05) is 78.1 Å². The number of hydrogen-bond donors (Lipinski definition) is 0. The Morgan fingerprint density at radius 1 is 0.480 bits per heavy atom. The van der Waals surface area contributed by atoms with Gasteiger partial charge in [0.25, 0.3) is 0 Å². The number of guanidine groups is 3. The highest BCUT2D eigenvalue weighted by atomic mass is 31.2. The second-order valence-electron chi connectivity index (χ2n) is 6.09. The van der Waals surface area contributed by atoms with Crippen molar-refractivity contribution in [1.82, 2.24) is 28.7 Å². The third-order valence-electron chi connectivity index (χ3n) is 3.47. The zero-order chi connectivity index (χ0) is 19.9. The van der Waals surface area contributed by atoms with E-state index >= 15 is 0 Å². The van der Waals surface area contributed by atoms with Crippen LogP contribution in [-0.2, 0) is 0 Å². The Labute approximate surface area is 155 Å². The first-order valence-electron chi connectivity index (χ1n) is 7.98. The lowest BCUT2D eigenvalue weighted by Crippen LogP contribution is -2.48. The van der Waals surface area contributed by atoms with Crippen molar-refractivity contribution in [2.75, 3.05) is 84.6 Å². The summed E-state index contributed by atoms with van der Waals surface area (Å²) in [5, 5.41) is 0. The van der Waals surface area contributed by atoms with Gasteiger partial charge in [0.2, 0.25) is 26.3 Å². The van der Waals surface area contributed by atoms with E-state index in [0.717, 1.165) is 17.9 Å². The van der Waals surface area contributed by atoms with Crippen LogP contribution in [0.4, 0.5) is 0 Å². The molecule has 0 aromatic rings. The van der Waals surface area contributed by atoms with Crippen LogP contribution in [0.2, 0.25) is 0 Å². The van der Waals surface area contributed by atoms with Crippen LogP contribution in [0.25, 0.3) is 0 Å². The van der Waals surface area contributed by atoms with E-state index in [4.69, 9.17) is 0 Å². The lowest BCUT2D eigenvalue weighted by atomic mass is 10.8. The third kappa shape index (κ3) is 5.63. The van der Waals surface area contributed by atoms with Gasteiger partial charge in [-0.05, 0) is 0 Å². The van der Waals surface area contributed by atoms with Crippen LogP contribution in [0.3, 0.4) is 0 Å². The largest absolute Gasteiger partial charge is 0.349 e. The average molecular weight is 373 g/mol. The summed E-state index contributed by atoms with van der Waals surface area (Å²) >= 11 is 0. The molecule has 0 saturated carbocycles. The van der Waals surface area contributed by atoms with Crippen molar-refractivity contribution in [2.45, 2.75) is 0 Å². The molecule has 146 valence electrons. The molecule has 0 aromatic heterocycles. The molecule has 0 unspecified atom stereocenters. The SMILES string of the molecule is CN=C(N(C)C)N(C)P(N(C)C(=NC)N(C)C)N(C)C(=NC)N(C)C. The van der Waals surface area contributed by atoms with Gasteiger partial charge in [0.1, 0.15) is 0 Å². The van der Waals surface area contributed by atoms with Gasteiger partial charge in [-0.25, -0.2) is 0 Å². The first-order chi connectivity index (χ1) is 11.5. The molecule has 0 spiro atoms. The monoisotopic (exact) mass is 373 g/mol. The molecule has 0 aliphatic carbocycles. The highest BCUT2D eigenvalue weighted by Gasteiger charge is 2.33. The molecule has 0 fully saturated rings. The molecule has 10 heteroatoms. The summed E-state index contributed by atoms with van der Waals surface area (Å²) in [5.74, 6) is 2.65. The van der Waals surface area contributed by atoms with Crippen LogP contribution in [0.15, 0.2) is 15.0 Å². The van der Waals surface area contributed by atoms with Gasteiger partial charge in [0.05, 0.1) is 0 Å². The Balaban J connectivity index is 6.14. The van der Waals surface area contributed by atoms with E-state index in [2.05, 4.69) is 29.0 Å². The molecule has 0 N–H and O–H groups in total. The molecule has 0 radical (unpaired) electrons. The second-order valence-corrected chi connectivity index (χ2v) is 8.43. The van der Waals surface area contributed by atoms with E-state index in [1.165, 1.54) is 0 Å². The Morgan fingerprint density at radius 3 is 0.800 bits per heavy atom. The third-order valence-corrected chi connectivity index (χ3v) is 5.62. The molecular formula is C15H36N9P. The summed E-state index contributed by atoms with van der Waals surface area (Å²) in [6.45, 7) is 0. The topological polar surface area (TPSA) is 56.5 Å². The molecule has 0 aliphatic rings. The molecule has 0 heterocycles. The van der Waals surface area contributed by atoms with Crippen LogP contribution in [0, 0.1) is 0 Å². The molecule has 0 bridgehead atoms. The zero-order valence-corrected chi connectivity index (χ0v) is 18.9.